The molecule has 0 heterocycles. The summed E-state index contributed by atoms with van der Waals surface area (Å²) in [5.41, 5.74) is 0. The number of ether oxygens (including phenoxy) is 1. The lowest BCUT2D eigenvalue weighted by atomic mass is 9.61. The monoisotopic (exact) mass is 335 g/mol. The Morgan fingerprint density at radius 1 is 0.917 bits per heavy atom. The molecule has 2 fully saturated rings. The molecule has 24 heavy (non-hydrogen) atoms. The van der Waals surface area contributed by atoms with Gasteiger partial charge in [-0.25, -0.2) is 0 Å². The molecule has 2 aliphatic rings. The lowest BCUT2D eigenvalue weighted by Gasteiger charge is -2.31. The first-order chi connectivity index (χ1) is 11.6. The van der Waals surface area contributed by atoms with Gasteiger partial charge in [-0.3, -0.25) is 4.79 Å². The van der Waals surface area contributed by atoms with Crippen molar-refractivity contribution in [3.05, 3.63) is 0 Å². The molecule has 0 aromatic rings. The van der Waals surface area contributed by atoms with E-state index in [-0.39, 0.29) is 11.3 Å². The quantitative estimate of drug-likeness (QED) is 0.612. The Morgan fingerprint density at radius 3 is 1.88 bits per heavy atom. The highest BCUT2D eigenvalue weighted by atomic mass is 16.5. The third kappa shape index (κ3) is 6.42. The zero-order chi connectivity index (χ0) is 17.3. The molecule has 1 N–H and O–H groups in total. The maximum Gasteiger partial charge on any atom is 0.303 e. The molecular formula is C20H38BNO2. The molecule has 2 aliphatic carbocycles. The van der Waals surface area contributed by atoms with Crippen LogP contribution in [0.2, 0.25) is 5.31 Å². The highest BCUT2D eigenvalue weighted by molar-refractivity contribution is 6.27. The smallest absolute Gasteiger partial charge is 0.303 e. The first-order valence-electron chi connectivity index (χ1n) is 10.4. The van der Waals surface area contributed by atoms with Crippen molar-refractivity contribution in [1.29, 1.82) is 0 Å². The van der Waals surface area contributed by atoms with Gasteiger partial charge in [-0.05, 0) is 63.5 Å². The van der Waals surface area contributed by atoms with Gasteiger partial charge in [0.2, 0.25) is 0 Å². The van der Waals surface area contributed by atoms with Crippen LogP contribution < -0.4 is 5.32 Å². The van der Waals surface area contributed by atoms with Crippen LogP contribution in [0.1, 0.15) is 83.5 Å². The van der Waals surface area contributed by atoms with Gasteiger partial charge < -0.3 is 10.1 Å². The van der Waals surface area contributed by atoms with Crippen molar-refractivity contribution in [2.45, 2.75) is 88.8 Å². The van der Waals surface area contributed by atoms with E-state index in [0.717, 1.165) is 37.5 Å². The number of carbonyl (C=O) groups is 1. The van der Waals surface area contributed by atoms with Gasteiger partial charge in [0.25, 0.3) is 0 Å². The molecule has 0 spiro atoms. The molecule has 2 saturated carbocycles. The van der Waals surface area contributed by atoms with Crippen LogP contribution in [-0.4, -0.2) is 34.0 Å². The molecule has 0 aliphatic heterocycles. The fourth-order valence-corrected chi connectivity index (χ4v) is 4.72. The maximum absolute atomic E-state index is 12.0. The Kier molecular flexibility index (Phi) is 8.65. The standard InChI is InChI=1S/C20H38BNO2/c1-24-19(23)20(21)13-7-11-18(12-8-14-20)16-22-15-17-9-5-3-2-4-6-10-17/h17-18,22H,2-16,21H2,1H3. The maximum atomic E-state index is 12.0. The van der Waals surface area contributed by atoms with E-state index >= 15 is 0 Å². The van der Waals surface area contributed by atoms with Crippen LogP contribution in [0.15, 0.2) is 0 Å². The number of methoxy groups -OCH3 is 1. The number of esters is 1. The van der Waals surface area contributed by atoms with Crippen LogP contribution in [0, 0.1) is 11.8 Å². The lowest BCUT2D eigenvalue weighted by Crippen LogP contribution is -2.31. The molecule has 0 saturated heterocycles. The van der Waals surface area contributed by atoms with E-state index in [0.29, 0.717) is 0 Å². The molecule has 2 rings (SSSR count). The molecular weight excluding hydrogens is 297 g/mol. The van der Waals surface area contributed by atoms with Crippen molar-refractivity contribution in [3.8, 4) is 0 Å². The Morgan fingerprint density at radius 2 is 1.38 bits per heavy atom. The number of hydrogen-bond donors (Lipinski definition) is 1. The van der Waals surface area contributed by atoms with Gasteiger partial charge in [0.05, 0.1) is 7.11 Å². The second kappa shape index (κ2) is 10.5. The molecule has 3 nitrogen and oxygen atoms in total. The van der Waals surface area contributed by atoms with Gasteiger partial charge in [-0.2, -0.15) is 0 Å². The Labute approximate surface area is 150 Å². The topological polar surface area (TPSA) is 38.3 Å². The fourth-order valence-electron chi connectivity index (χ4n) is 4.72. The second-order valence-corrected chi connectivity index (χ2v) is 8.57. The molecule has 138 valence electrons. The van der Waals surface area contributed by atoms with Gasteiger partial charge in [-0.1, -0.05) is 44.9 Å². The highest BCUT2D eigenvalue weighted by Crippen LogP contribution is 2.39. The first-order valence-corrected chi connectivity index (χ1v) is 10.4. The number of hydrogen-bond acceptors (Lipinski definition) is 3. The summed E-state index contributed by atoms with van der Waals surface area (Å²) in [5, 5.41) is 3.54. The van der Waals surface area contributed by atoms with Gasteiger partial charge in [0.1, 0.15) is 7.85 Å². The molecule has 4 heteroatoms. The predicted molar refractivity (Wildman–Crippen MR) is 103 cm³/mol. The van der Waals surface area contributed by atoms with Gasteiger partial charge in [0.15, 0.2) is 0 Å². The van der Waals surface area contributed by atoms with Gasteiger partial charge >= 0.3 is 5.97 Å². The van der Waals surface area contributed by atoms with E-state index in [4.69, 9.17) is 4.74 Å². The molecule has 0 radical (unpaired) electrons. The summed E-state index contributed by atoms with van der Waals surface area (Å²) < 4.78 is 5.02. The summed E-state index contributed by atoms with van der Waals surface area (Å²) in [6.45, 7) is 2.39. The molecule has 0 aromatic carbocycles. The molecule has 0 amide bonds. The average molecular weight is 335 g/mol. The van der Waals surface area contributed by atoms with E-state index < -0.39 is 0 Å². The van der Waals surface area contributed by atoms with Crippen molar-refractivity contribution in [2.24, 2.45) is 11.8 Å². The molecule has 0 bridgehead atoms. The second-order valence-electron chi connectivity index (χ2n) is 8.57. The van der Waals surface area contributed by atoms with Crippen molar-refractivity contribution in [2.75, 3.05) is 20.2 Å². The van der Waals surface area contributed by atoms with E-state index in [1.165, 1.54) is 78.0 Å². The molecule has 0 atom stereocenters. The fraction of sp³-hybridized carbons (Fsp3) is 0.950. The summed E-state index contributed by atoms with van der Waals surface area (Å²) in [7, 11) is 3.61. The van der Waals surface area contributed by atoms with Crippen molar-refractivity contribution in [3.63, 3.8) is 0 Å². The van der Waals surface area contributed by atoms with E-state index in [1.807, 2.05) is 0 Å². The van der Waals surface area contributed by atoms with Crippen LogP contribution in [0.3, 0.4) is 0 Å². The largest absolute Gasteiger partial charge is 0.469 e. The zero-order valence-electron chi connectivity index (χ0n) is 16.1. The van der Waals surface area contributed by atoms with E-state index in [1.54, 1.807) is 0 Å². The predicted octanol–water partition coefficient (Wildman–Crippen LogP) is 3.87. The van der Waals surface area contributed by atoms with E-state index in [9.17, 15) is 4.79 Å². The van der Waals surface area contributed by atoms with Crippen molar-refractivity contribution in [1.82, 2.24) is 5.32 Å². The van der Waals surface area contributed by atoms with E-state index in [2.05, 4.69) is 13.2 Å². The van der Waals surface area contributed by atoms with Crippen molar-refractivity contribution < 1.29 is 9.53 Å². The summed E-state index contributed by atoms with van der Waals surface area (Å²) in [6.07, 6.45) is 16.8. The minimum atomic E-state index is -0.244. The average Bonchev–Trinajstić information content (AvgIpc) is 2.53. The summed E-state index contributed by atoms with van der Waals surface area (Å²) in [6, 6.07) is 0. The van der Waals surface area contributed by atoms with Crippen LogP contribution >= 0.6 is 0 Å². The summed E-state index contributed by atoms with van der Waals surface area (Å²) >= 11 is 0. The lowest BCUT2D eigenvalue weighted by molar-refractivity contribution is -0.145. The minimum absolute atomic E-state index is 0.0108. The van der Waals surface area contributed by atoms with Crippen LogP contribution in [0.5, 0.6) is 0 Å². The molecule has 0 unspecified atom stereocenters. The van der Waals surface area contributed by atoms with Crippen molar-refractivity contribution >= 4 is 13.8 Å². The first kappa shape index (κ1) is 19.8. The zero-order valence-corrected chi connectivity index (χ0v) is 16.1. The normalized spacial score (nSPS) is 30.6. The third-order valence-corrected chi connectivity index (χ3v) is 6.45. The van der Waals surface area contributed by atoms with Gasteiger partial charge in [-0.15, -0.1) is 0 Å². The Bertz CT molecular complexity index is 357. The minimum Gasteiger partial charge on any atom is -0.469 e. The summed E-state index contributed by atoms with van der Waals surface area (Å²) in [5.74, 6) is 1.69. The van der Waals surface area contributed by atoms with Crippen LogP contribution in [-0.2, 0) is 9.53 Å². The number of carbonyl (C=O) groups excluding carboxylic acids is 1. The highest BCUT2D eigenvalue weighted by Gasteiger charge is 2.34. The Balaban J connectivity index is 1.66. The van der Waals surface area contributed by atoms with Crippen LogP contribution in [0.25, 0.3) is 0 Å². The van der Waals surface area contributed by atoms with Crippen LogP contribution in [0.4, 0.5) is 0 Å². The third-order valence-electron chi connectivity index (χ3n) is 6.45. The summed E-state index contributed by atoms with van der Waals surface area (Å²) in [4.78, 5) is 12.0. The number of rotatable bonds is 5. The molecule has 0 aromatic heterocycles. The Hall–Kier alpha value is -0.505. The van der Waals surface area contributed by atoms with Gasteiger partial charge in [0, 0.05) is 5.31 Å². The SMILES string of the molecule is BC1(C(=O)OC)CCCC(CNCC2CCCCCCC2)CCC1. The number of nitrogens with one attached hydrogen (secondary N) is 1.